The Hall–Kier alpha value is -1.26. The lowest BCUT2D eigenvalue weighted by atomic mass is 10.2. The average Bonchev–Trinajstić information content (AvgIpc) is 2.70. The zero-order valence-corrected chi connectivity index (χ0v) is 20.7. The van der Waals surface area contributed by atoms with Gasteiger partial charge in [-0.2, -0.15) is 0 Å². The summed E-state index contributed by atoms with van der Waals surface area (Å²) in [5.41, 5.74) is 1.14. The molecule has 0 radical (unpaired) electrons. The number of aliphatic imine (C=N–C) groups is 1. The Labute approximate surface area is 196 Å². The number of rotatable bonds is 8. The topological polar surface area (TPSA) is 60.4 Å². The van der Waals surface area contributed by atoms with Crippen molar-refractivity contribution in [2.24, 2.45) is 4.99 Å². The molecule has 1 aliphatic rings. The Kier molecular flexibility index (Phi) is 12.3. The fraction of sp³-hybridized carbons (Fsp3) is 0.600. The van der Waals surface area contributed by atoms with Crippen LogP contribution in [0, 0.1) is 0 Å². The second kappa shape index (κ2) is 13.9. The van der Waals surface area contributed by atoms with Gasteiger partial charge in [-0.1, -0.05) is 17.7 Å². The summed E-state index contributed by atoms with van der Waals surface area (Å²) in [5.74, 6) is 0.781. The molecule has 9 heteroatoms. The molecule has 29 heavy (non-hydrogen) atoms. The van der Waals surface area contributed by atoms with Crippen molar-refractivity contribution in [3.05, 3.63) is 29.3 Å². The number of hydrogen-bond acceptors (Lipinski definition) is 4. The van der Waals surface area contributed by atoms with E-state index in [-0.39, 0.29) is 36.4 Å². The van der Waals surface area contributed by atoms with Crippen LogP contribution in [0.3, 0.4) is 0 Å². The number of likely N-dealkylation sites (N-methyl/N-ethyl adjacent to an activating group) is 1. The average molecular weight is 538 g/mol. The predicted octanol–water partition coefficient (Wildman–Crippen LogP) is 2.54. The van der Waals surface area contributed by atoms with Crippen LogP contribution < -0.4 is 10.2 Å². The lowest BCUT2D eigenvalue weighted by Gasteiger charge is -2.38. The fourth-order valence-electron chi connectivity index (χ4n) is 2.92. The first-order valence-corrected chi connectivity index (χ1v) is 10.2. The van der Waals surface area contributed by atoms with E-state index in [4.69, 9.17) is 16.3 Å². The van der Waals surface area contributed by atoms with Crippen LogP contribution >= 0.6 is 35.6 Å². The van der Waals surface area contributed by atoms with Gasteiger partial charge in [0.1, 0.15) is 6.54 Å². The molecule has 1 saturated heterocycles. The first kappa shape index (κ1) is 25.8. The van der Waals surface area contributed by atoms with E-state index in [1.54, 1.807) is 19.0 Å². The molecule has 0 atom stereocenters. The van der Waals surface area contributed by atoms with Gasteiger partial charge >= 0.3 is 0 Å². The predicted molar refractivity (Wildman–Crippen MR) is 131 cm³/mol. The molecule has 0 spiro atoms. The number of guanidine groups is 1. The van der Waals surface area contributed by atoms with Crippen LogP contribution in [0.1, 0.15) is 13.3 Å². The van der Waals surface area contributed by atoms with Gasteiger partial charge in [0.05, 0.1) is 0 Å². The highest BCUT2D eigenvalue weighted by Gasteiger charge is 2.20. The lowest BCUT2D eigenvalue weighted by Crippen LogP contribution is -2.53. The minimum Gasteiger partial charge on any atom is -0.382 e. The standard InChI is InChI=1S/C20H32ClN5O2.HI/c1-4-28-14-6-9-22-20(23-16-19(27)24(2)3)26-12-10-25(11-13-26)18-8-5-7-17(21)15-18;/h5,7-8,15H,4,6,9-14,16H2,1-3H3,(H,22,23);1H. The maximum absolute atomic E-state index is 11.9. The van der Waals surface area contributed by atoms with E-state index in [1.165, 1.54) is 0 Å². The Bertz CT molecular complexity index is 652. The number of halogens is 2. The van der Waals surface area contributed by atoms with Gasteiger partial charge in [0.15, 0.2) is 5.96 Å². The first-order chi connectivity index (χ1) is 13.5. The van der Waals surface area contributed by atoms with Crippen LogP contribution in [0.2, 0.25) is 5.02 Å². The number of amides is 1. The van der Waals surface area contributed by atoms with Crippen LogP contribution in [0.15, 0.2) is 29.3 Å². The molecule has 0 saturated carbocycles. The normalized spacial score (nSPS) is 14.4. The lowest BCUT2D eigenvalue weighted by molar-refractivity contribution is -0.127. The zero-order valence-electron chi connectivity index (χ0n) is 17.6. The van der Waals surface area contributed by atoms with E-state index >= 15 is 0 Å². The van der Waals surface area contributed by atoms with Crippen LogP contribution in [-0.4, -0.2) is 88.2 Å². The van der Waals surface area contributed by atoms with Crippen molar-refractivity contribution in [1.82, 2.24) is 15.1 Å². The number of ether oxygens (including phenoxy) is 1. The summed E-state index contributed by atoms with van der Waals surface area (Å²) in [6.07, 6.45) is 0.900. The molecular weight excluding hydrogens is 505 g/mol. The maximum atomic E-state index is 11.9. The van der Waals surface area contributed by atoms with Gasteiger partial charge < -0.3 is 24.8 Å². The highest BCUT2D eigenvalue weighted by molar-refractivity contribution is 14.0. The zero-order chi connectivity index (χ0) is 20.4. The number of carbonyl (C=O) groups is 1. The van der Waals surface area contributed by atoms with E-state index in [9.17, 15) is 4.79 Å². The Morgan fingerprint density at radius 1 is 1.28 bits per heavy atom. The molecular formula is C20H33ClIN5O2. The molecule has 0 aromatic heterocycles. The minimum atomic E-state index is -0.00817. The van der Waals surface area contributed by atoms with E-state index in [2.05, 4.69) is 26.2 Å². The Morgan fingerprint density at radius 3 is 2.62 bits per heavy atom. The van der Waals surface area contributed by atoms with Gasteiger partial charge in [-0.05, 0) is 31.5 Å². The molecule has 164 valence electrons. The number of anilines is 1. The van der Waals surface area contributed by atoms with Gasteiger partial charge in [0.2, 0.25) is 5.91 Å². The highest BCUT2D eigenvalue weighted by atomic mass is 127. The van der Waals surface area contributed by atoms with Crippen molar-refractivity contribution in [2.45, 2.75) is 13.3 Å². The second-order valence-corrected chi connectivity index (χ2v) is 7.30. The number of carbonyl (C=O) groups excluding carboxylic acids is 1. The monoisotopic (exact) mass is 537 g/mol. The third-order valence-corrected chi connectivity index (χ3v) is 4.80. The Morgan fingerprint density at radius 2 is 2.00 bits per heavy atom. The molecule has 1 aliphatic heterocycles. The number of nitrogens with zero attached hydrogens (tertiary/aromatic N) is 4. The van der Waals surface area contributed by atoms with Crippen molar-refractivity contribution in [2.75, 3.05) is 71.5 Å². The largest absolute Gasteiger partial charge is 0.382 e. The maximum Gasteiger partial charge on any atom is 0.243 e. The summed E-state index contributed by atoms with van der Waals surface area (Å²) in [6, 6.07) is 7.94. The van der Waals surface area contributed by atoms with Crippen LogP contribution in [0.5, 0.6) is 0 Å². The van der Waals surface area contributed by atoms with Crippen molar-refractivity contribution >= 4 is 53.1 Å². The molecule has 0 bridgehead atoms. The smallest absolute Gasteiger partial charge is 0.243 e. The number of piperazine rings is 1. The van der Waals surface area contributed by atoms with Crippen LogP contribution in [-0.2, 0) is 9.53 Å². The number of hydrogen-bond donors (Lipinski definition) is 1. The van der Waals surface area contributed by atoms with E-state index in [1.807, 2.05) is 25.1 Å². The molecule has 1 N–H and O–H groups in total. The summed E-state index contributed by atoms with van der Waals surface area (Å²) >= 11 is 6.12. The SMILES string of the molecule is CCOCCCNC(=NCC(=O)N(C)C)N1CCN(c2cccc(Cl)c2)CC1.I. The fourth-order valence-corrected chi connectivity index (χ4v) is 3.10. The highest BCUT2D eigenvalue weighted by Crippen LogP contribution is 2.20. The molecule has 0 aliphatic carbocycles. The molecule has 1 aromatic carbocycles. The molecule has 1 fully saturated rings. The summed E-state index contributed by atoms with van der Waals surface area (Å²) < 4.78 is 5.39. The van der Waals surface area contributed by atoms with Gasteiger partial charge in [-0.3, -0.25) is 4.79 Å². The Balaban J connectivity index is 0.00000420. The van der Waals surface area contributed by atoms with Crippen molar-refractivity contribution in [3.8, 4) is 0 Å². The van der Waals surface area contributed by atoms with Gasteiger partial charge in [0.25, 0.3) is 0 Å². The summed E-state index contributed by atoms with van der Waals surface area (Å²) in [5, 5.41) is 4.14. The van der Waals surface area contributed by atoms with E-state index < -0.39 is 0 Å². The summed E-state index contributed by atoms with van der Waals surface area (Å²) in [4.78, 5) is 22.6. The van der Waals surface area contributed by atoms with Gasteiger partial charge in [-0.15, -0.1) is 24.0 Å². The minimum absolute atomic E-state index is 0. The molecule has 2 rings (SSSR count). The van der Waals surface area contributed by atoms with Crippen molar-refractivity contribution < 1.29 is 9.53 Å². The van der Waals surface area contributed by atoms with Crippen molar-refractivity contribution in [1.29, 1.82) is 0 Å². The quantitative estimate of drug-likeness (QED) is 0.239. The van der Waals surface area contributed by atoms with E-state index in [0.29, 0.717) is 0 Å². The first-order valence-electron chi connectivity index (χ1n) is 9.83. The third kappa shape index (κ3) is 8.96. The molecule has 1 amide bonds. The van der Waals surface area contributed by atoms with E-state index in [0.717, 1.165) is 69.0 Å². The summed E-state index contributed by atoms with van der Waals surface area (Å²) in [7, 11) is 3.49. The molecule has 1 heterocycles. The van der Waals surface area contributed by atoms with Crippen LogP contribution in [0.4, 0.5) is 5.69 Å². The number of nitrogens with one attached hydrogen (secondary N) is 1. The summed E-state index contributed by atoms with van der Waals surface area (Å²) in [6.45, 7) is 7.77. The van der Waals surface area contributed by atoms with Crippen LogP contribution in [0.25, 0.3) is 0 Å². The van der Waals surface area contributed by atoms with Crippen molar-refractivity contribution in [3.63, 3.8) is 0 Å². The van der Waals surface area contributed by atoms with Gasteiger partial charge in [0, 0.05) is 70.7 Å². The third-order valence-electron chi connectivity index (χ3n) is 4.57. The molecule has 0 unspecified atom stereocenters. The number of benzene rings is 1. The molecule has 7 nitrogen and oxygen atoms in total. The molecule has 1 aromatic rings. The van der Waals surface area contributed by atoms with Gasteiger partial charge in [-0.25, -0.2) is 4.99 Å². The second-order valence-electron chi connectivity index (χ2n) is 6.86.